The van der Waals surface area contributed by atoms with E-state index in [9.17, 15) is 4.79 Å². The fraction of sp³-hybridized carbons (Fsp3) is 0.385. The van der Waals surface area contributed by atoms with Crippen molar-refractivity contribution in [2.24, 2.45) is 0 Å². The van der Waals surface area contributed by atoms with Gasteiger partial charge < -0.3 is 15.1 Å². The Morgan fingerprint density at radius 2 is 2.42 bits per heavy atom. The number of hydrogen-bond acceptors (Lipinski definition) is 4. The summed E-state index contributed by atoms with van der Waals surface area (Å²) >= 11 is 0. The van der Waals surface area contributed by atoms with Crippen LogP contribution in [0.2, 0.25) is 0 Å². The highest BCUT2D eigenvalue weighted by molar-refractivity contribution is 5.97. The summed E-state index contributed by atoms with van der Waals surface area (Å²) in [6.07, 6.45) is 5.44. The minimum Gasteiger partial charge on any atom is -0.472 e. The molecule has 0 aromatic carbocycles. The molecular formula is C13H16N4O2. The van der Waals surface area contributed by atoms with Crippen LogP contribution in [-0.4, -0.2) is 28.1 Å². The van der Waals surface area contributed by atoms with Crippen LogP contribution in [0.15, 0.2) is 23.0 Å². The molecule has 3 N–H and O–H groups in total. The molecule has 0 spiro atoms. The molecule has 0 aliphatic heterocycles. The fourth-order valence-corrected chi connectivity index (χ4v) is 2.12. The van der Waals surface area contributed by atoms with Gasteiger partial charge in [-0.1, -0.05) is 0 Å². The summed E-state index contributed by atoms with van der Waals surface area (Å²) in [4.78, 5) is 13.9. The molecule has 1 amide bonds. The van der Waals surface area contributed by atoms with Crippen LogP contribution in [0, 0.1) is 0 Å². The minimum atomic E-state index is -0.179. The van der Waals surface area contributed by atoms with E-state index in [-0.39, 0.29) is 5.91 Å². The van der Waals surface area contributed by atoms with Gasteiger partial charge >= 0.3 is 0 Å². The van der Waals surface area contributed by atoms with E-state index in [1.807, 2.05) is 6.07 Å². The van der Waals surface area contributed by atoms with Gasteiger partial charge in [0.15, 0.2) is 5.69 Å². The normalized spacial score (nSPS) is 14.6. The summed E-state index contributed by atoms with van der Waals surface area (Å²) in [5.74, 6) is 0.273. The summed E-state index contributed by atoms with van der Waals surface area (Å²) < 4.78 is 4.98. The molecule has 1 aliphatic carbocycles. The average molecular weight is 260 g/mol. The van der Waals surface area contributed by atoms with Crippen LogP contribution in [0.25, 0.3) is 0 Å². The molecule has 19 heavy (non-hydrogen) atoms. The van der Waals surface area contributed by atoms with Gasteiger partial charge in [-0.2, -0.15) is 5.10 Å². The van der Waals surface area contributed by atoms with E-state index in [1.165, 1.54) is 0 Å². The number of aromatic nitrogens is 2. The Labute approximate surface area is 110 Å². The van der Waals surface area contributed by atoms with E-state index >= 15 is 0 Å². The molecule has 0 radical (unpaired) electrons. The molecule has 0 bridgehead atoms. The predicted octanol–water partition coefficient (Wildman–Crippen LogP) is 1.73. The van der Waals surface area contributed by atoms with Gasteiger partial charge in [0.1, 0.15) is 0 Å². The van der Waals surface area contributed by atoms with E-state index in [1.54, 1.807) is 24.5 Å². The number of nitrogens with two attached hydrogens (primary N) is 1. The number of furan rings is 1. The quantitative estimate of drug-likeness (QED) is 0.876. The largest absolute Gasteiger partial charge is 0.472 e. The Morgan fingerprint density at radius 3 is 3.05 bits per heavy atom. The number of hydrogen-bond donors (Lipinski definition) is 2. The van der Waals surface area contributed by atoms with Gasteiger partial charge in [-0.3, -0.25) is 9.89 Å². The zero-order valence-corrected chi connectivity index (χ0v) is 10.7. The number of nitrogens with one attached hydrogen (secondary N) is 1. The molecule has 3 rings (SSSR count). The Balaban J connectivity index is 1.75. The third-order valence-corrected chi connectivity index (χ3v) is 3.37. The first-order valence-corrected chi connectivity index (χ1v) is 6.27. The Morgan fingerprint density at radius 1 is 1.63 bits per heavy atom. The van der Waals surface area contributed by atoms with Crippen LogP contribution >= 0.6 is 0 Å². The summed E-state index contributed by atoms with van der Waals surface area (Å²) in [7, 11) is 1.72. The molecule has 2 aromatic heterocycles. The maximum atomic E-state index is 12.3. The molecule has 1 aliphatic rings. The van der Waals surface area contributed by atoms with Crippen molar-refractivity contribution < 1.29 is 9.21 Å². The first-order valence-electron chi connectivity index (χ1n) is 6.27. The Kier molecular flexibility index (Phi) is 2.77. The lowest BCUT2D eigenvalue weighted by Crippen LogP contribution is -2.27. The van der Waals surface area contributed by atoms with Crippen LogP contribution < -0.4 is 5.73 Å². The smallest absolute Gasteiger partial charge is 0.276 e. The maximum Gasteiger partial charge on any atom is 0.276 e. The fourth-order valence-electron chi connectivity index (χ4n) is 2.12. The van der Waals surface area contributed by atoms with E-state index in [2.05, 4.69) is 10.2 Å². The molecule has 0 unspecified atom stereocenters. The highest BCUT2D eigenvalue weighted by atomic mass is 16.3. The summed E-state index contributed by atoms with van der Waals surface area (Å²) in [5, 5.41) is 6.95. The van der Waals surface area contributed by atoms with Crippen molar-refractivity contribution >= 4 is 11.6 Å². The number of nitrogens with zero attached hydrogens (tertiary/aromatic N) is 2. The molecule has 100 valence electrons. The van der Waals surface area contributed by atoms with Crippen molar-refractivity contribution in [2.45, 2.75) is 25.3 Å². The van der Waals surface area contributed by atoms with Crippen LogP contribution in [0.5, 0.6) is 0 Å². The van der Waals surface area contributed by atoms with Crippen LogP contribution in [0.1, 0.15) is 40.5 Å². The van der Waals surface area contributed by atoms with Crippen LogP contribution in [-0.2, 0) is 6.54 Å². The number of aromatic amines is 1. The monoisotopic (exact) mass is 260 g/mol. The lowest BCUT2D eigenvalue weighted by atomic mass is 10.2. The van der Waals surface area contributed by atoms with Crippen molar-refractivity contribution in [1.29, 1.82) is 0 Å². The first-order chi connectivity index (χ1) is 9.16. The average Bonchev–Trinajstić information content (AvgIpc) is 2.97. The van der Waals surface area contributed by atoms with Crippen LogP contribution in [0.3, 0.4) is 0 Å². The number of anilines is 1. The zero-order valence-electron chi connectivity index (χ0n) is 10.7. The number of amides is 1. The molecule has 6 heteroatoms. The van der Waals surface area contributed by atoms with Gasteiger partial charge in [0, 0.05) is 25.1 Å². The number of rotatable bonds is 4. The molecule has 0 saturated heterocycles. The van der Waals surface area contributed by atoms with Gasteiger partial charge in [0.05, 0.1) is 23.9 Å². The second-order valence-corrected chi connectivity index (χ2v) is 4.97. The first kappa shape index (κ1) is 11.8. The maximum absolute atomic E-state index is 12.3. The van der Waals surface area contributed by atoms with Gasteiger partial charge in [-0.05, 0) is 18.9 Å². The molecule has 1 saturated carbocycles. The Hall–Kier alpha value is -2.24. The van der Waals surface area contributed by atoms with E-state index < -0.39 is 0 Å². The van der Waals surface area contributed by atoms with E-state index in [0.29, 0.717) is 23.8 Å². The molecule has 0 atom stereocenters. The molecule has 2 aromatic rings. The Bertz CT molecular complexity index is 584. The highest BCUT2D eigenvalue weighted by Crippen LogP contribution is 2.42. The standard InChI is InChI=1S/C13H16N4O2/c1-17(6-8-4-5-19-7-8)13(18)12-10(14)11(15-16-12)9-2-3-9/h4-5,7,9H,2-3,6,14H2,1H3,(H,15,16). The second-order valence-electron chi connectivity index (χ2n) is 4.97. The molecule has 1 fully saturated rings. The SMILES string of the molecule is CN(Cc1ccoc1)C(=O)c1n[nH]c(C2CC2)c1N. The second kappa shape index (κ2) is 4.46. The molecular weight excluding hydrogens is 244 g/mol. The van der Waals surface area contributed by atoms with Crippen LogP contribution in [0.4, 0.5) is 5.69 Å². The van der Waals surface area contributed by atoms with Crippen molar-refractivity contribution in [3.8, 4) is 0 Å². The summed E-state index contributed by atoms with van der Waals surface area (Å²) in [5.41, 5.74) is 8.64. The molecule has 6 nitrogen and oxygen atoms in total. The van der Waals surface area contributed by atoms with E-state index in [0.717, 1.165) is 24.1 Å². The lowest BCUT2D eigenvalue weighted by molar-refractivity contribution is 0.0780. The van der Waals surface area contributed by atoms with Gasteiger partial charge in [0.25, 0.3) is 5.91 Å². The topological polar surface area (TPSA) is 88.2 Å². The van der Waals surface area contributed by atoms with Gasteiger partial charge in [-0.25, -0.2) is 0 Å². The third kappa shape index (κ3) is 2.21. The number of H-pyrrole nitrogens is 1. The summed E-state index contributed by atoms with van der Waals surface area (Å²) in [6.45, 7) is 0.473. The lowest BCUT2D eigenvalue weighted by Gasteiger charge is -2.14. The van der Waals surface area contributed by atoms with Gasteiger partial charge in [0.2, 0.25) is 0 Å². The number of nitrogen functional groups attached to an aromatic ring is 1. The van der Waals surface area contributed by atoms with Gasteiger partial charge in [-0.15, -0.1) is 0 Å². The predicted molar refractivity (Wildman–Crippen MR) is 69.5 cm³/mol. The summed E-state index contributed by atoms with van der Waals surface area (Å²) in [6, 6.07) is 1.83. The van der Waals surface area contributed by atoms with Crippen molar-refractivity contribution in [3.05, 3.63) is 35.5 Å². The minimum absolute atomic E-state index is 0.179. The number of carbonyl (C=O) groups is 1. The van der Waals surface area contributed by atoms with E-state index in [4.69, 9.17) is 10.2 Å². The van der Waals surface area contributed by atoms with Crippen molar-refractivity contribution in [1.82, 2.24) is 15.1 Å². The third-order valence-electron chi connectivity index (χ3n) is 3.37. The number of carbonyl (C=O) groups excluding carboxylic acids is 1. The van der Waals surface area contributed by atoms with Crippen molar-refractivity contribution in [3.63, 3.8) is 0 Å². The zero-order chi connectivity index (χ0) is 13.4. The van der Waals surface area contributed by atoms with Crippen molar-refractivity contribution in [2.75, 3.05) is 12.8 Å². The highest BCUT2D eigenvalue weighted by Gasteiger charge is 2.31. The molecule has 2 heterocycles.